The zero-order valence-electron chi connectivity index (χ0n) is 13.4. The predicted molar refractivity (Wildman–Crippen MR) is 89.5 cm³/mol. The third kappa shape index (κ3) is 3.99. The van der Waals surface area contributed by atoms with E-state index in [-0.39, 0.29) is 5.82 Å². The fraction of sp³-hybridized carbons (Fsp3) is 0.389. The Labute approximate surface area is 136 Å². The van der Waals surface area contributed by atoms with Crippen molar-refractivity contribution in [1.82, 2.24) is 9.88 Å². The molecule has 0 aliphatic carbocycles. The van der Waals surface area contributed by atoms with E-state index >= 15 is 0 Å². The molecule has 0 atom stereocenters. The Morgan fingerprint density at radius 3 is 2.61 bits per heavy atom. The molecule has 0 saturated carbocycles. The molecule has 0 bridgehead atoms. The van der Waals surface area contributed by atoms with Gasteiger partial charge in [-0.15, -0.1) is 0 Å². The molecule has 1 aliphatic rings. The Morgan fingerprint density at radius 2 is 1.96 bits per heavy atom. The van der Waals surface area contributed by atoms with Gasteiger partial charge in [0.05, 0.1) is 7.11 Å². The van der Waals surface area contributed by atoms with Crippen molar-refractivity contribution >= 4 is 5.82 Å². The first-order valence-electron chi connectivity index (χ1n) is 7.97. The molecule has 0 N–H and O–H groups in total. The number of anilines is 1. The van der Waals surface area contributed by atoms with E-state index in [1.165, 1.54) is 7.11 Å². The second kappa shape index (κ2) is 7.42. The number of aromatic nitrogens is 1. The van der Waals surface area contributed by atoms with Crippen molar-refractivity contribution in [3.63, 3.8) is 0 Å². The van der Waals surface area contributed by atoms with Crippen LogP contribution in [-0.2, 0) is 6.42 Å². The fourth-order valence-corrected chi connectivity index (χ4v) is 2.89. The van der Waals surface area contributed by atoms with E-state index in [2.05, 4.69) is 20.9 Å². The molecule has 0 spiro atoms. The Kier molecular flexibility index (Phi) is 5.08. The van der Waals surface area contributed by atoms with E-state index in [0.29, 0.717) is 5.75 Å². The van der Waals surface area contributed by atoms with E-state index in [4.69, 9.17) is 4.74 Å². The minimum absolute atomic E-state index is 0.287. The molecule has 3 rings (SSSR count). The summed E-state index contributed by atoms with van der Waals surface area (Å²) in [5.74, 6) is 1.06. The molecule has 4 nitrogen and oxygen atoms in total. The number of rotatable bonds is 5. The van der Waals surface area contributed by atoms with Gasteiger partial charge in [0.1, 0.15) is 5.82 Å². The Hall–Kier alpha value is -2.14. The second-order valence-electron chi connectivity index (χ2n) is 5.74. The lowest BCUT2D eigenvalue weighted by atomic mass is 10.1. The van der Waals surface area contributed by atoms with Gasteiger partial charge in [-0.2, -0.15) is 0 Å². The molecule has 1 aromatic heterocycles. The minimum Gasteiger partial charge on any atom is -0.494 e. The lowest BCUT2D eigenvalue weighted by molar-refractivity contribution is 0.260. The van der Waals surface area contributed by atoms with Crippen molar-refractivity contribution in [3.8, 4) is 5.75 Å². The maximum absolute atomic E-state index is 13.7. The lowest BCUT2D eigenvalue weighted by Gasteiger charge is -2.35. The summed E-state index contributed by atoms with van der Waals surface area (Å²) in [6.07, 6.45) is 2.68. The molecule has 1 aliphatic heterocycles. The zero-order valence-corrected chi connectivity index (χ0v) is 13.4. The second-order valence-corrected chi connectivity index (χ2v) is 5.74. The molecule has 0 radical (unpaired) electrons. The molecule has 0 unspecified atom stereocenters. The lowest BCUT2D eigenvalue weighted by Crippen LogP contribution is -2.47. The van der Waals surface area contributed by atoms with Crippen molar-refractivity contribution in [1.29, 1.82) is 0 Å². The first-order chi connectivity index (χ1) is 11.3. The molecule has 0 amide bonds. The highest BCUT2D eigenvalue weighted by molar-refractivity contribution is 5.38. The van der Waals surface area contributed by atoms with Crippen LogP contribution in [0, 0.1) is 5.82 Å². The Balaban J connectivity index is 1.48. The van der Waals surface area contributed by atoms with Gasteiger partial charge >= 0.3 is 0 Å². The van der Waals surface area contributed by atoms with Crippen LogP contribution in [0.5, 0.6) is 5.75 Å². The minimum atomic E-state index is -0.287. The topological polar surface area (TPSA) is 28.6 Å². The highest BCUT2D eigenvalue weighted by Gasteiger charge is 2.17. The smallest absolute Gasteiger partial charge is 0.165 e. The van der Waals surface area contributed by atoms with Gasteiger partial charge in [0.15, 0.2) is 11.6 Å². The van der Waals surface area contributed by atoms with E-state index in [9.17, 15) is 4.39 Å². The van der Waals surface area contributed by atoms with Gasteiger partial charge in [-0.3, -0.25) is 4.90 Å². The summed E-state index contributed by atoms with van der Waals surface area (Å²) in [6, 6.07) is 11.2. The number of piperazine rings is 1. The average molecular weight is 315 g/mol. The van der Waals surface area contributed by atoms with Crippen LogP contribution in [0.2, 0.25) is 0 Å². The highest BCUT2D eigenvalue weighted by atomic mass is 19.1. The summed E-state index contributed by atoms with van der Waals surface area (Å²) < 4.78 is 18.7. The molecule has 23 heavy (non-hydrogen) atoms. The monoisotopic (exact) mass is 315 g/mol. The molecule has 5 heteroatoms. The van der Waals surface area contributed by atoms with Crippen LogP contribution in [-0.4, -0.2) is 49.7 Å². The van der Waals surface area contributed by atoms with Crippen LogP contribution < -0.4 is 9.64 Å². The van der Waals surface area contributed by atoms with E-state index < -0.39 is 0 Å². The van der Waals surface area contributed by atoms with Gasteiger partial charge in [-0.25, -0.2) is 9.37 Å². The number of benzene rings is 1. The quantitative estimate of drug-likeness (QED) is 0.848. The van der Waals surface area contributed by atoms with Crippen molar-refractivity contribution in [2.75, 3.05) is 44.7 Å². The average Bonchev–Trinajstić information content (AvgIpc) is 2.61. The van der Waals surface area contributed by atoms with Gasteiger partial charge in [0, 0.05) is 38.9 Å². The number of hydrogen-bond acceptors (Lipinski definition) is 4. The summed E-state index contributed by atoms with van der Waals surface area (Å²) in [6.45, 7) is 4.92. The molecule has 1 fully saturated rings. The summed E-state index contributed by atoms with van der Waals surface area (Å²) in [5.41, 5.74) is 1.01. The number of halogens is 1. The third-order valence-corrected chi connectivity index (χ3v) is 4.28. The molecule has 122 valence electrons. The number of methoxy groups -OCH3 is 1. The van der Waals surface area contributed by atoms with Crippen molar-refractivity contribution in [2.24, 2.45) is 0 Å². The normalized spacial score (nSPS) is 15.7. The van der Waals surface area contributed by atoms with Crippen LogP contribution >= 0.6 is 0 Å². The van der Waals surface area contributed by atoms with Gasteiger partial charge in [0.2, 0.25) is 0 Å². The van der Waals surface area contributed by atoms with E-state index in [0.717, 1.165) is 50.5 Å². The summed E-state index contributed by atoms with van der Waals surface area (Å²) >= 11 is 0. The zero-order chi connectivity index (χ0) is 16.1. The van der Waals surface area contributed by atoms with Crippen LogP contribution in [0.15, 0.2) is 42.6 Å². The first-order valence-corrected chi connectivity index (χ1v) is 7.97. The first kappa shape index (κ1) is 15.7. The van der Waals surface area contributed by atoms with E-state index in [1.54, 1.807) is 12.1 Å². The predicted octanol–water partition coefficient (Wildman–Crippen LogP) is 2.59. The highest BCUT2D eigenvalue weighted by Crippen LogP contribution is 2.18. The summed E-state index contributed by atoms with van der Waals surface area (Å²) in [7, 11) is 1.49. The number of pyridine rings is 1. The molecule has 2 heterocycles. The summed E-state index contributed by atoms with van der Waals surface area (Å²) in [5, 5.41) is 0. The van der Waals surface area contributed by atoms with Crippen LogP contribution in [0.4, 0.5) is 10.2 Å². The van der Waals surface area contributed by atoms with Gasteiger partial charge in [-0.05, 0) is 36.2 Å². The van der Waals surface area contributed by atoms with Crippen molar-refractivity contribution in [3.05, 3.63) is 54.0 Å². The molecular formula is C18H22FN3O. The Bertz CT molecular complexity index is 627. The van der Waals surface area contributed by atoms with Crippen LogP contribution in [0.25, 0.3) is 0 Å². The van der Waals surface area contributed by atoms with Crippen LogP contribution in [0.1, 0.15) is 5.56 Å². The van der Waals surface area contributed by atoms with Crippen LogP contribution in [0.3, 0.4) is 0 Å². The summed E-state index contributed by atoms with van der Waals surface area (Å²) in [4.78, 5) is 9.13. The maximum Gasteiger partial charge on any atom is 0.165 e. The van der Waals surface area contributed by atoms with Gasteiger partial charge in [-0.1, -0.05) is 12.1 Å². The molecule has 1 aromatic carbocycles. The largest absolute Gasteiger partial charge is 0.494 e. The van der Waals surface area contributed by atoms with Crippen molar-refractivity contribution in [2.45, 2.75) is 6.42 Å². The third-order valence-electron chi connectivity index (χ3n) is 4.28. The fourth-order valence-electron chi connectivity index (χ4n) is 2.89. The standard InChI is InChI=1S/C18H22FN3O/c1-23-17-6-5-15(14-16(17)19)7-9-21-10-12-22(13-11-21)18-4-2-3-8-20-18/h2-6,8,14H,7,9-13H2,1H3. The van der Waals surface area contributed by atoms with Gasteiger partial charge in [0.25, 0.3) is 0 Å². The maximum atomic E-state index is 13.7. The SMILES string of the molecule is COc1ccc(CCN2CCN(c3ccccn3)CC2)cc1F. The molecule has 1 saturated heterocycles. The molecule has 2 aromatic rings. The molecular weight excluding hydrogens is 293 g/mol. The number of hydrogen-bond donors (Lipinski definition) is 0. The van der Waals surface area contributed by atoms with Gasteiger partial charge < -0.3 is 9.64 Å². The van der Waals surface area contributed by atoms with E-state index in [1.807, 2.05) is 24.4 Å². The number of nitrogens with zero attached hydrogens (tertiary/aromatic N) is 3. The van der Waals surface area contributed by atoms with Crippen molar-refractivity contribution < 1.29 is 9.13 Å². The Morgan fingerprint density at radius 1 is 1.13 bits per heavy atom. The number of ether oxygens (including phenoxy) is 1.